The molecule has 12 heteroatoms. The van der Waals surface area contributed by atoms with Crippen molar-refractivity contribution in [1.82, 2.24) is 19.5 Å². The highest BCUT2D eigenvalue weighted by Crippen LogP contribution is 2.37. The van der Waals surface area contributed by atoms with Crippen molar-refractivity contribution >= 4 is 29.2 Å². The summed E-state index contributed by atoms with van der Waals surface area (Å²) in [7, 11) is 0. The summed E-state index contributed by atoms with van der Waals surface area (Å²) in [5.74, 6) is 0.770. The van der Waals surface area contributed by atoms with Crippen LogP contribution in [0.5, 0.6) is 0 Å². The normalized spacial score (nSPS) is 18.3. The zero-order valence-corrected chi connectivity index (χ0v) is 24.8. The zero-order valence-electron chi connectivity index (χ0n) is 24.8. The van der Waals surface area contributed by atoms with Crippen molar-refractivity contribution in [2.45, 2.75) is 71.2 Å². The first-order valence-electron chi connectivity index (χ1n) is 14.0. The van der Waals surface area contributed by atoms with Crippen molar-refractivity contribution in [3.05, 3.63) is 42.4 Å². The van der Waals surface area contributed by atoms with Crippen molar-refractivity contribution < 1.29 is 23.5 Å². The maximum Gasteiger partial charge on any atom is 0.414 e. The first-order valence-corrected chi connectivity index (χ1v) is 14.0. The summed E-state index contributed by atoms with van der Waals surface area (Å²) < 4.78 is 26.2. The van der Waals surface area contributed by atoms with Crippen molar-refractivity contribution in [2.75, 3.05) is 36.1 Å². The molecule has 2 amide bonds. The van der Waals surface area contributed by atoms with Crippen LogP contribution in [-0.2, 0) is 9.47 Å². The van der Waals surface area contributed by atoms with E-state index in [2.05, 4.69) is 16.1 Å². The lowest BCUT2D eigenvalue weighted by Crippen LogP contribution is -2.70. The largest absolute Gasteiger partial charge is 0.444 e. The van der Waals surface area contributed by atoms with Gasteiger partial charge >= 0.3 is 12.2 Å². The minimum absolute atomic E-state index is 0.0655. The highest BCUT2D eigenvalue weighted by molar-refractivity contribution is 5.92. The molecule has 3 aromatic rings. The van der Waals surface area contributed by atoms with Crippen molar-refractivity contribution in [3.63, 3.8) is 0 Å². The maximum absolute atomic E-state index is 13.6. The second-order valence-corrected chi connectivity index (χ2v) is 12.6. The highest BCUT2D eigenvalue weighted by atomic mass is 19.1. The highest BCUT2D eigenvalue weighted by Gasteiger charge is 2.49. The van der Waals surface area contributed by atoms with E-state index in [9.17, 15) is 19.2 Å². The summed E-state index contributed by atoms with van der Waals surface area (Å²) in [5, 5.41) is 14.1. The molecule has 11 nitrogen and oxygen atoms in total. The van der Waals surface area contributed by atoms with Gasteiger partial charge in [-0.05, 0) is 66.2 Å². The van der Waals surface area contributed by atoms with Gasteiger partial charge in [0.15, 0.2) is 0 Å². The Labute approximate surface area is 244 Å². The maximum atomic E-state index is 13.6. The fourth-order valence-corrected chi connectivity index (χ4v) is 5.43. The lowest BCUT2D eigenvalue weighted by Gasteiger charge is -2.56. The Morgan fingerprint density at radius 3 is 2.36 bits per heavy atom. The molecule has 0 spiro atoms. The van der Waals surface area contributed by atoms with Crippen LogP contribution in [0, 0.1) is 11.3 Å². The minimum Gasteiger partial charge on any atom is -0.444 e. The summed E-state index contributed by atoms with van der Waals surface area (Å²) in [4.78, 5) is 35.6. The first kappa shape index (κ1) is 29.1. The number of carbonyl (C=O) groups is 2. The van der Waals surface area contributed by atoms with E-state index < -0.39 is 24.0 Å². The Hall–Kier alpha value is -4.40. The number of hydrogen-bond donors (Lipinski definition) is 0. The predicted molar refractivity (Wildman–Crippen MR) is 155 cm³/mol. The third-order valence-corrected chi connectivity index (χ3v) is 7.13. The molecule has 2 unspecified atom stereocenters. The van der Waals surface area contributed by atoms with Gasteiger partial charge in [-0.3, -0.25) is 9.80 Å². The number of nitriles is 1. The van der Waals surface area contributed by atoms with Gasteiger partial charge in [0.1, 0.15) is 29.8 Å². The van der Waals surface area contributed by atoms with Gasteiger partial charge in [0.2, 0.25) is 0 Å². The SMILES string of the molecule is CC(C)(C)OC(=O)N(CCF)c1cc(-c2ccc(N3CC4CC(C3)N4C(=O)OC(C)(C)C)nc2)c2c(C#N)cnn2c1. The van der Waals surface area contributed by atoms with Gasteiger partial charge < -0.3 is 14.4 Å². The molecule has 3 aliphatic rings. The summed E-state index contributed by atoms with van der Waals surface area (Å²) in [5.41, 5.74) is 1.28. The van der Waals surface area contributed by atoms with Crippen LogP contribution >= 0.6 is 0 Å². The number of hydrogen-bond acceptors (Lipinski definition) is 8. The van der Waals surface area contributed by atoms with Crippen LogP contribution in [0.3, 0.4) is 0 Å². The molecule has 6 rings (SSSR count). The Balaban J connectivity index is 1.42. The molecule has 222 valence electrons. The average Bonchev–Trinajstić information content (AvgIpc) is 3.32. The summed E-state index contributed by atoms with van der Waals surface area (Å²) in [6.45, 7) is 11.1. The number of piperazine rings is 1. The van der Waals surface area contributed by atoms with E-state index in [-0.39, 0.29) is 24.7 Å². The van der Waals surface area contributed by atoms with Gasteiger partial charge in [-0.2, -0.15) is 10.4 Å². The standard InChI is InChI=1S/C30H36FN7O4/c1-29(2,3)41-27(39)36(10-9-31)21-12-24(26-20(13-32)15-34-37(26)18-21)19-7-8-25(33-14-19)35-16-22-11-23(17-35)38(22)28(40)42-30(4,5)6/h7-8,12,14-15,18,22-23H,9-11,16-17H2,1-6H3. The van der Waals surface area contributed by atoms with Crippen LogP contribution in [0.15, 0.2) is 36.8 Å². The molecule has 3 aliphatic heterocycles. The monoisotopic (exact) mass is 577 g/mol. The van der Waals surface area contributed by atoms with E-state index in [1.807, 2.05) is 37.8 Å². The Kier molecular flexibility index (Phi) is 7.47. The van der Waals surface area contributed by atoms with Gasteiger partial charge in [0, 0.05) is 30.4 Å². The average molecular weight is 578 g/mol. The Morgan fingerprint density at radius 2 is 1.79 bits per heavy atom. The fraction of sp³-hybridized carbons (Fsp3) is 0.500. The summed E-state index contributed by atoms with van der Waals surface area (Å²) in [6, 6.07) is 7.82. The molecule has 0 radical (unpaired) electrons. The topological polar surface area (TPSA) is 116 Å². The van der Waals surface area contributed by atoms with Gasteiger partial charge in [-0.1, -0.05) is 0 Å². The van der Waals surface area contributed by atoms with Crippen molar-refractivity contribution in [1.29, 1.82) is 5.26 Å². The second kappa shape index (κ2) is 10.8. The Bertz CT molecular complexity index is 1520. The van der Waals surface area contributed by atoms with Gasteiger partial charge in [-0.15, -0.1) is 0 Å². The molecule has 2 bridgehead atoms. The molecular formula is C30H36FN7O4. The molecule has 0 aliphatic carbocycles. The quantitative estimate of drug-likeness (QED) is 0.408. The molecule has 3 aromatic heterocycles. The van der Waals surface area contributed by atoms with E-state index in [0.29, 0.717) is 41.0 Å². The zero-order chi connectivity index (χ0) is 30.4. The summed E-state index contributed by atoms with van der Waals surface area (Å²) in [6.07, 6.45) is 4.71. The fourth-order valence-electron chi connectivity index (χ4n) is 5.43. The smallest absolute Gasteiger partial charge is 0.414 e. The second-order valence-electron chi connectivity index (χ2n) is 12.6. The van der Waals surface area contributed by atoms with Gasteiger partial charge in [-0.25, -0.2) is 23.5 Å². The van der Waals surface area contributed by atoms with Crippen molar-refractivity contribution in [3.8, 4) is 17.2 Å². The molecule has 6 heterocycles. The minimum atomic E-state index is -0.769. The van der Waals surface area contributed by atoms with E-state index >= 15 is 0 Å². The summed E-state index contributed by atoms with van der Waals surface area (Å²) >= 11 is 0. The van der Waals surface area contributed by atoms with Gasteiger partial charge in [0.25, 0.3) is 0 Å². The molecule has 2 atom stereocenters. The number of alkyl halides is 1. The number of piperidine rings is 1. The van der Waals surface area contributed by atoms with Crippen LogP contribution in [0.1, 0.15) is 53.5 Å². The number of anilines is 2. The number of carbonyl (C=O) groups excluding carboxylic acids is 2. The van der Waals surface area contributed by atoms with Crippen molar-refractivity contribution in [2.24, 2.45) is 0 Å². The molecular weight excluding hydrogens is 541 g/mol. The number of amides is 2. The first-order chi connectivity index (χ1) is 19.8. The van der Waals surface area contributed by atoms with E-state index in [1.165, 1.54) is 15.6 Å². The lowest BCUT2D eigenvalue weighted by atomic mass is 9.88. The number of nitrogens with zero attached hydrogens (tertiary/aromatic N) is 7. The van der Waals surface area contributed by atoms with Crippen LogP contribution in [-0.4, -0.2) is 81.3 Å². The molecule has 42 heavy (non-hydrogen) atoms. The number of aromatic nitrogens is 3. The Morgan fingerprint density at radius 1 is 1.10 bits per heavy atom. The van der Waals surface area contributed by atoms with E-state index in [4.69, 9.17) is 14.5 Å². The van der Waals surface area contributed by atoms with Crippen LogP contribution in [0.4, 0.5) is 25.5 Å². The molecule has 3 saturated heterocycles. The number of pyridine rings is 2. The molecule has 0 N–H and O–H groups in total. The molecule has 0 saturated carbocycles. The number of halogens is 1. The molecule has 3 fully saturated rings. The van der Waals surface area contributed by atoms with Crippen LogP contribution < -0.4 is 9.80 Å². The number of ether oxygens (including phenoxy) is 2. The predicted octanol–water partition coefficient (Wildman–Crippen LogP) is 5.18. The van der Waals surface area contributed by atoms with Crippen LogP contribution in [0.2, 0.25) is 0 Å². The van der Waals surface area contributed by atoms with Gasteiger partial charge in [0.05, 0.1) is 47.8 Å². The lowest BCUT2D eigenvalue weighted by molar-refractivity contribution is -0.0380. The van der Waals surface area contributed by atoms with Crippen LogP contribution in [0.25, 0.3) is 16.6 Å². The van der Waals surface area contributed by atoms with E-state index in [0.717, 1.165) is 12.2 Å². The number of rotatable bonds is 5. The third-order valence-electron chi connectivity index (χ3n) is 7.13. The third kappa shape index (κ3) is 5.82. The van der Waals surface area contributed by atoms with E-state index in [1.54, 1.807) is 39.2 Å². The molecule has 0 aromatic carbocycles. The number of fused-ring (bicyclic) bond motifs is 3.